The number of fused-ring (bicyclic) bond motifs is 1. The zero-order valence-electron chi connectivity index (χ0n) is 11.7. The maximum atomic E-state index is 12.4. The molecule has 21 heavy (non-hydrogen) atoms. The summed E-state index contributed by atoms with van der Waals surface area (Å²) in [5, 5.41) is 8.04. The number of hydrogen-bond donors (Lipinski definition) is 1. The Balaban J connectivity index is 1.94. The summed E-state index contributed by atoms with van der Waals surface area (Å²) in [6.45, 7) is 3.98. The predicted octanol–water partition coefficient (Wildman–Crippen LogP) is 4.50. The molecule has 0 spiro atoms. The molecule has 4 nitrogen and oxygen atoms in total. The third kappa shape index (κ3) is 2.56. The molecule has 0 saturated carbocycles. The first-order chi connectivity index (χ1) is 10.1. The summed E-state index contributed by atoms with van der Waals surface area (Å²) in [5.41, 5.74) is 3.72. The fourth-order valence-corrected chi connectivity index (χ4v) is 2.50. The van der Waals surface area contributed by atoms with Gasteiger partial charge in [0.1, 0.15) is 0 Å². The Hall–Kier alpha value is -2.14. The van der Waals surface area contributed by atoms with E-state index in [-0.39, 0.29) is 6.03 Å². The van der Waals surface area contributed by atoms with Crippen molar-refractivity contribution < 1.29 is 4.79 Å². The lowest BCUT2D eigenvalue weighted by molar-refractivity contribution is 0.252. The maximum absolute atomic E-state index is 12.4. The van der Waals surface area contributed by atoms with Gasteiger partial charge in [-0.1, -0.05) is 28.1 Å². The third-order valence-corrected chi connectivity index (χ3v) is 4.32. The van der Waals surface area contributed by atoms with Crippen LogP contribution in [-0.4, -0.2) is 15.8 Å². The first-order valence-corrected chi connectivity index (χ1v) is 7.36. The minimum absolute atomic E-state index is 0.266. The molecule has 2 aromatic carbocycles. The molecule has 1 aromatic heterocycles. The van der Waals surface area contributed by atoms with Gasteiger partial charge in [0.05, 0.1) is 11.7 Å². The summed E-state index contributed by atoms with van der Waals surface area (Å²) in [7, 11) is 0. The van der Waals surface area contributed by atoms with Gasteiger partial charge in [0, 0.05) is 15.5 Å². The SMILES string of the molecule is Cc1cc(NC(=O)n2ncc3c(C)cccc32)ccc1Br. The largest absolute Gasteiger partial charge is 0.347 e. The fourth-order valence-electron chi connectivity index (χ4n) is 2.26. The minimum atomic E-state index is -0.266. The van der Waals surface area contributed by atoms with Gasteiger partial charge < -0.3 is 5.32 Å². The van der Waals surface area contributed by atoms with Crippen molar-refractivity contribution in [3.8, 4) is 0 Å². The minimum Gasteiger partial charge on any atom is -0.306 e. The van der Waals surface area contributed by atoms with Crippen molar-refractivity contribution in [3.63, 3.8) is 0 Å². The van der Waals surface area contributed by atoms with E-state index in [1.54, 1.807) is 6.20 Å². The molecule has 0 bridgehead atoms. The number of halogens is 1. The van der Waals surface area contributed by atoms with Crippen LogP contribution in [0.5, 0.6) is 0 Å². The summed E-state index contributed by atoms with van der Waals surface area (Å²) in [5.74, 6) is 0. The second-order valence-corrected chi connectivity index (χ2v) is 5.81. The van der Waals surface area contributed by atoms with Crippen molar-refractivity contribution in [2.75, 3.05) is 5.32 Å². The maximum Gasteiger partial charge on any atom is 0.347 e. The molecule has 0 radical (unpaired) electrons. The Morgan fingerprint density at radius 3 is 2.76 bits per heavy atom. The molecule has 0 atom stereocenters. The molecule has 3 rings (SSSR count). The Labute approximate surface area is 130 Å². The van der Waals surface area contributed by atoms with Gasteiger partial charge in [-0.3, -0.25) is 0 Å². The van der Waals surface area contributed by atoms with Crippen molar-refractivity contribution in [2.45, 2.75) is 13.8 Å². The van der Waals surface area contributed by atoms with Crippen LogP contribution in [0.4, 0.5) is 10.5 Å². The van der Waals surface area contributed by atoms with E-state index in [2.05, 4.69) is 26.3 Å². The lowest BCUT2D eigenvalue weighted by Gasteiger charge is -2.07. The van der Waals surface area contributed by atoms with E-state index in [4.69, 9.17) is 0 Å². The molecule has 0 aliphatic carbocycles. The van der Waals surface area contributed by atoms with Crippen LogP contribution < -0.4 is 5.32 Å². The van der Waals surface area contributed by atoms with Gasteiger partial charge in [-0.15, -0.1) is 0 Å². The molecule has 0 aliphatic heterocycles. The second kappa shape index (κ2) is 5.33. The number of amides is 1. The van der Waals surface area contributed by atoms with Gasteiger partial charge in [0.15, 0.2) is 0 Å². The Bertz CT molecular complexity index is 839. The van der Waals surface area contributed by atoms with Crippen LogP contribution in [0.1, 0.15) is 11.1 Å². The Morgan fingerprint density at radius 2 is 2.00 bits per heavy atom. The number of nitrogens with one attached hydrogen (secondary N) is 1. The van der Waals surface area contributed by atoms with E-state index in [0.29, 0.717) is 0 Å². The molecular formula is C16H14BrN3O. The van der Waals surface area contributed by atoms with Crippen LogP contribution in [-0.2, 0) is 0 Å². The molecule has 1 N–H and O–H groups in total. The zero-order chi connectivity index (χ0) is 15.0. The van der Waals surface area contributed by atoms with Gasteiger partial charge in [-0.05, 0) is 49.2 Å². The highest BCUT2D eigenvalue weighted by atomic mass is 79.9. The van der Waals surface area contributed by atoms with Crippen LogP contribution >= 0.6 is 15.9 Å². The van der Waals surface area contributed by atoms with E-state index < -0.39 is 0 Å². The number of aromatic nitrogens is 2. The topological polar surface area (TPSA) is 46.9 Å². The van der Waals surface area contributed by atoms with Crippen molar-refractivity contribution in [1.82, 2.24) is 9.78 Å². The standard InChI is InChI=1S/C16H14BrN3O/c1-10-4-3-5-15-13(10)9-18-20(15)16(21)19-12-6-7-14(17)11(2)8-12/h3-9H,1-2H3,(H,19,21). The van der Waals surface area contributed by atoms with Gasteiger partial charge in [0.2, 0.25) is 0 Å². The summed E-state index contributed by atoms with van der Waals surface area (Å²) in [6.07, 6.45) is 1.72. The monoisotopic (exact) mass is 343 g/mol. The molecule has 0 unspecified atom stereocenters. The summed E-state index contributed by atoms with van der Waals surface area (Å²) in [4.78, 5) is 12.4. The molecule has 0 aliphatic rings. The van der Waals surface area contributed by atoms with Crippen molar-refractivity contribution >= 4 is 38.6 Å². The molecule has 1 heterocycles. The van der Waals surface area contributed by atoms with E-state index in [9.17, 15) is 4.79 Å². The van der Waals surface area contributed by atoms with Crippen molar-refractivity contribution in [1.29, 1.82) is 0 Å². The van der Waals surface area contributed by atoms with Crippen LogP contribution in [0, 0.1) is 13.8 Å². The average Bonchev–Trinajstić information content (AvgIpc) is 2.88. The number of benzene rings is 2. The van der Waals surface area contributed by atoms with Crippen molar-refractivity contribution in [2.24, 2.45) is 0 Å². The number of carbonyl (C=O) groups is 1. The Kier molecular flexibility index (Phi) is 3.51. The third-order valence-electron chi connectivity index (χ3n) is 3.43. The van der Waals surface area contributed by atoms with Crippen LogP contribution in [0.2, 0.25) is 0 Å². The van der Waals surface area contributed by atoms with E-state index >= 15 is 0 Å². The molecule has 0 saturated heterocycles. The second-order valence-electron chi connectivity index (χ2n) is 4.96. The van der Waals surface area contributed by atoms with Crippen molar-refractivity contribution in [3.05, 3.63) is 58.2 Å². The number of hydrogen-bond acceptors (Lipinski definition) is 2. The predicted molar refractivity (Wildman–Crippen MR) is 87.8 cm³/mol. The summed E-state index contributed by atoms with van der Waals surface area (Å²) >= 11 is 3.44. The highest BCUT2D eigenvalue weighted by Gasteiger charge is 2.11. The normalized spacial score (nSPS) is 10.8. The fraction of sp³-hybridized carbons (Fsp3) is 0.125. The van der Waals surface area contributed by atoms with Gasteiger partial charge in [-0.2, -0.15) is 9.78 Å². The van der Waals surface area contributed by atoms with E-state index in [1.807, 2.05) is 50.2 Å². The molecule has 1 amide bonds. The van der Waals surface area contributed by atoms with E-state index in [1.165, 1.54) is 4.68 Å². The molecular weight excluding hydrogens is 330 g/mol. The van der Waals surface area contributed by atoms with Gasteiger partial charge in [0.25, 0.3) is 0 Å². The van der Waals surface area contributed by atoms with E-state index in [0.717, 1.165) is 32.2 Å². The lowest BCUT2D eigenvalue weighted by atomic mass is 10.1. The van der Waals surface area contributed by atoms with Crippen LogP contribution in [0.3, 0.4) is 0 Å². The number of carbonyl (C=O) groups excluding carboxylic acids is 1. The first kappa shape index (κ1) is 13.8. The average molecular weight is 344 g/mol. The van der Waals surface area contributed by atoms with Crippen LogP contribution in [0.25, 0.3) is 10.9 Å². The number of nitrogens with zero attached hydrogens (tertiary/aromatic N) is 2. The van der Waals surface area contributed by atoms with Crippen LogP contribution in [0.15, 0.2) is 47.1 Å². The number of aryl methyl sites for hydroxylation is 2. The number of rotatable bonds is 1. The Morgan fingerprint density at radius 1 is 1.19 bits per heavy atom. The summed E-state index contributed by atoms with van der Waals surface area (Å²) < 4.78 is 2.40. The molecule has 3 aromatic rings. The smallest absolute Gasteiger partial charge is 0.306 e. The van der Waals surface area contributed by atoms with Gasteiger partial charge in [-0.25, -0.2) is 4.79 Å². The summed E-state index contributed by atoms with van der Waals surface area (Å²) in [6, 6.07) is 11.2. The molecule has 0 fully saturated rings. The lowest BCUT2D eigenvalue weighted by Crippen LogP contribution is -2.20. The quantitative estimate of drug-likeness (QED) is 0.707. The highest BCUT2D eigenvalue weighted by molar-refractivity contribution is 9.10. The molecule has 5 heteroatoms. The van der Waals surface area contributed by atoms with Gasteiger partial charge >= 0.3 is 6.03 Å². The highest BCUT2D eigenvalue weighted by Crippen LogP contribution is 2.21. The number of anilines is 1. The molecule has 106 valence electrons. The first-order valence-electron chi connectivity index (χ1n) is 6.57. The zero-order valence-corrected chi connectivity index (χ0v) is 13.3.